The molecule has 0 amide bonds. The van der Waals surface area contributed by atoms with Crippen LogP contribution in [0.1, 0.15) is 0 Å². The number of hydrogen-bond donors (Lipinski definition) is 2. The molecule has 2 heterocycles. The summed E-state index contributed by atoms with van der Waals surface area (Å²) in [5, 5.41) is -0.0483. The number of H-pyrrole nitrogens is 1. The van der Waals surface area contributed by atoms with Crippen molar-refractivity contribution in [3.63, 3.8) is 0 Å². The van der Waals surface area contributed by atoms with Crippen LogP contribution in [0.25, 0.3) is 11.1 Å². The van der Waals surface area contributed by atoms with Gasteiger partial charge in [0.2, 0.25) is 6.79 Å². The molecule has 0 saturated carbocycles. The normalized spacial score (nSPS) is 13.4. The molecule has 0 fully saturated rings. The maximum Gasteiger partial charge on any atom is 0.417 e. The first-order valence-corrected chi connectivity index (χ1v) is 8.53. The Morgan fingerprint density at radius 1 is 1.12 bits per heavy atom. The van der Waals surface area contributed by atoms with Gasteiger partial charge >= 0.3 is 5.76 Å². The van der Waals surface area contributed by atoms with Gasteiger partial charge in [0.05, 0.1) is 16.2 Å². The molecule has 2 aromatic carbocycles. The van der Waals surface area contributed by atoms with Gasteiger partial charge in [0, 0.05) is 12.1 Å². The number of nitrogens with one attached hydrogen (secondary N) is 2. The van der Waals surface area contributed by atoms with Crippen molar-refractivity contribution >= 4 is 38.4 Å². The quantitative estimate of drug-likeness (QED) is 0.733. The topological polar surface area (TPSA) is 111 Å². The summed E-state index contributed by atoms with van der Waals surface area (Å²) < 4.78 is 42.8. The summed E-state index contributed by atoms with van der Waals surface area (Å²) in [6, 6.07) is 7.13. The molecular formula is C14H9ClN2O6S. The lowest BCUT2D eigenvalue weighted by Gasteiger charge is -2.10. The van der Waals surface area contributed by atoms with Gasteiger partial charge in [0.1, 0.15) is 4.90 Å². The van der Waals surface area contributed by atoms with E-state index in [1.54, 1.807) is 6.07 Å². The number of aromatic nitrogens is 1. The van der Waals surface area contributed by atoms with Crippen LogP contribution in [0, 0.1) is 0 Å². The van der Waals surface area contributed by atoms with Crippen molar-refractivity contribution in [2.24, 2.45) is 0 Å². The minimum absolute atomic E-state index is 0.0483. The molecule has 0 spiro atoms. The highest BCUT2D eigenvalue weighted by atomic mass is 35.5. The maximum absolute atomic E-state index is 12.6. The average molecular weight is 369 g/mol. The number of sulfonamides is 1. The van der Waals surface area contributed by atoms with Crippen molar-refractivity contribution < 1.29 is 22.3 Å². The Balaban J connectivity index is 1.74. The second-order valence-corrected chi connectivity index (χ2v) is 7.02. The lowest BCUT2D eigenvalue weighted by Crippen LogP contribution is -2.13. The fraction of sp³-hybridized carbons (Fsp3) is 0.0714. The molecule has 1 aromatic heterocycles. The molecule has 0 atom stereocenters. The van der Waals surface area contributed by atoms with Crippen LogP contribution in [0.5, 0.6) is 11.5 Å². The monoisotopic (exact) mass is 368 g/mol. The van der Waals surface area contributed by atoms with Gasteiger partial charge in [-0.25, -0.2) is 13.2 Å². The van der Waals surface area contributed by atoms with Crippen LogP contribution in [-0.2, 0) is 10.0 Å². The standard InChI is InChI=1S/C14H9ClN2O6S/c15-8-4-9-11(23-14(18)16-9)5-13(8)24(19,20)17-7-1-2-10-12(3-7)22-6-21-10/h1-5,17H,6H2,(H,16,18). The van der Waals surface area contributed by atoms with E-state index in [-0.39, 0.29) is 28.0 Å². The van der Waals surface area contributed by atoms with Crippen molar-refractivity contribution in [3.8, 4) is 11.5 Å². The summed E-state index contributed by atoms with van der Waals surface area (Å²) in [7, 11) is -4.00. The molecule has 8 nitrogen and oxygen atoms in total. The van der Waals surface area contributed by atoms with E-state index < -0.39 is 15.8 Å². The number of anilines is 1. The van der Waals surface area contributed by atoms with Gasteiger partial charge in [-0.1, -0.05) is 11.6 Å². The molecule has 1 aliphatic rings. The first-order chi connectivity index (χ1) is 11.4. The number of aromatic amines is 1. The van der Waals surface area contributed by atoms with Crippen LogP contribution < -0.4 is 20.0 Å². The summed E-state index contributed by atoms with van der Waals surface area (Å²) in [6.07, 6.45) is 0. The first kappa shape index (κ1) is 14.9. The Kier molecular flexibility index (Phi) is 3.22. The molecule has 0 aliphatic carbocycles. The minimum Gasteiger partial charge on any atom is -0.454 e. The Bertz CT molecular complexity index is 1120. The molecule has 2 N–H and O–H groups in total. The van der Waals surface area contributed by atoms with Gasteiger partial charge in [-0.15, -0.1) is 0 Å². The number of fused-ring (bicyclic) bond motifs is 2. The van der Waals surface area contributed by atoms with Gasteiger partial charge in [-0.05, 0) is 18.2 Å². The van der Waals surface area contributed by atoms with Crippen molar-refractivity contribution in [2.45, 2.75) is 4.90 Å². The van der Waals surface area contributed by atoms with Crippen LogP contribution in [0.4, 0.5) is 5.69 Å². The second kappa shape index (κ2) is 5.18. The molecule has 0 saturated heterocycles. The largest absolute Gasteiger partial charge is 0.454 e. The molecule has 24 heavy (non-hydrogen) atoms. The van der Waals surface area contributed by atoms with E-state index in [2.05, 4.69) is 9.71 Å². The van der Waals surface area contributed by atoms with E-state index in [9.17, 15) is 13.2 Å². The van der Waals surface area contributed by atoms with Gasteiger partial charge in [0.25, 0.3) is 10.0 Å². The van der Waals surface area contributed by atoms with Gasteiger partial charge in [0.15, 0.2) is 17.1 Å². The molecule has 4 rings (SSSR count). The van der Waals surface area contributed by atoms with Crippen LogP contribution in [-0.4, -0.2) is 20.2 Å². The van der Waals surface area contributed by atoms with Crippen molar-refractivity contribution in [2.75, 3.05) is 11.5 Å². The lowest BCUT2D eigenvalue weighted by molar-refractivity contribution is 0.174. The number of ether oxygens (including phenoxy) is 2. The van der Waals surface area contributed by atoms with E-state index in [1.807, 2.05) is 0 Å². The predicted octanol–water partition coefficient (Wildman–Crippen LogP) is 2.30. The minimum atomic E-state index is -4.00. The Morgan fingerprint density at radius 2 is 1.92 bits per heavy atom. The lowest BCUT2D eigenvalue weighted by atomic mass is 10.3. The van der Waals surface area contributed by atoms with Gasteiger partial charge in [-0.2, -0.15) is 0 Å². The molecule has 0 bridgehead atoms. The van der Waals surface area contributed by atoms with E-state index in [1.165, 1.54) is 24.3 Å². The number of halogens is 1. The highest BCUT2D eigenvalue weighted by molar-refractivity contribution is 7.92. The highest BCUT2D eigenvalue weighted by Crippen LogP contribution is 2.35. The third-order valence-electron chi connectivity index (χ3n) is 3.39. The number of oxazole rings is 1. The third-order valence-corrected chi connectivity index (χ3v) is 5.23. The summed E-state index contributed by atoms with van der Waals surface area (Å²) in [6.45, 7) is 0.0839. The van der Waals surface area contributed by atoms with E-state index in [4.69, 9.17) is 25.5 Å². The zero-order valence-electron chi connectivity index (χ0n) is 11.8. The molecule has 10 heteroatoms. The molecule has 1 aliphatic heterocycles. The molecule has 3 aromatic rings. The van der Waals surface area contributed by atoms with E-state index in [0.717, 1.165) is 0 Å². The van der Waals surface area contributed by atoms with Crippen LogP contribution in [0.15, 0.2) is 44.4 Å². The predicted molar refractivity (Wildman–Crippen MR) is 85.2 cm³/mol. The van der Waals surface area contributed by atoms with Gasteiger partial charge in [-0.3, -0.25) is 9.71 Å². The number of hydrogen-bond acceptors (Lipinski definition) is 6. The van der Waals surface area contributed by atoms with Crippen LogP contribution in [0.2, 0.25) is 5.02 Å². The highest BCUT2D eigenvalue weighted by Gasteiger charge is 2.22. The molecule has 124 valence electrons. The Labute approximate surface area is 140 Å². The number of rotatable bonds is 3. The zero-order valence-corrected chi connectivity index (χ0v) is 13.4. The third kappa shape index (κ3) is 2.47. The van der Waals surface area contributed by atoms with Gasteiger partial charge < -0.3 is 13.9 Å². The average Bonchev–Trinajstić information content (AvgIpc) is 3.10. The van der Waals surface area contributed by atoms with Crippen molar-refractivity contribution in [1.29, 1.82) is 0 Å². The summed E-state index contributed by atoms with van der Waals surface area (Å²) in [5.41, 5.74) is 0.688. The van der Waals surface area contributed by atoms with Crippen molar-refractivity contribution in [1.82, 2.24) is 4.98 Å². The fourth-order valence-electron chi connectivity index (χ4n) is 2.33. The Morgan fingerprint density at radius 3 is 2.75 bits per heavy atom. The summed E-state index contributed by atoms with van der Waals surface area (Å²) in [4.78, 5) is 13.4. The van der Waals surface area contributed by atoms with Crippen LogP contribution >= 0.6 is 11.6 Å². The zero-order chi connectivity index (χ0) is 16.9. The first-order valence-electron chi connectivity index (χ1n) is 6.67. The molecule has 0 radical (unpaired) electrons. The number of benzene rings is 2. The molecule has 0 unspecified atom stereocenters. The second-order valence-electron chi connectivity index (χ2n) is 4.97. The smallest absolute Gasteiger partial charge is 0.417 e. The van der Waals surface area contributed by atoms with Crippen molar-refractivity contribution in [3.05, 3.63) is 45.9 Å². The van der Waals surface area contributed by atoms with E-state index >= 15 is 0 Å². The maximum atomic E-state index is 12.6. The Hall–Kier alpha value is -2.65. The summed E-state index contributed by atoms with van der Waals surface area (Å²) >= 11 is 6.03. The van der Waals surface area contributed by atoms with Crippen LogP contribution in [0.3, 0.4) is 0 Å². The SMILES string of the molecule is O=c1[nH]c2cc(Cl)c(S(=O)(=O)Nc3ccc4c(c3)OCO4)cc2o1. The molecular weight excluding hydrogens is 360 g/mol. The summed E-state index contributed by atoms with van der Waals surface area (Å²) in [5.74, 6) is 0.277. The fourth-order valence-corrected chi connectivity index (χ4v) is 3.92. The van der Waals surface area contributed by atoms with E-state index in [0.29, 0.717) is 17.0 Å².